The quantitative estimate of drug-likeness (QED) is 0.907. The Morgan fingerprint density at radius 3 is 2.89 bits per heavy atom. The van der Waals surface area contributed by atoms with Crippen LogP contribution in [0.3, 0.4) is 0 Å². The highest BCUT2D eigenvalue weighted by molar-refractivity contribution is 7.13. The Hall–Kier alpha value is -1.68. The van der Waals surface area contributed by atoms with E-state index in [-0.39, 0.29) is 5.91 Å². The number of hydrogen-bond acceptors (Lipinski definition) is 3. The van der Waals surface area contributed by atoms with Crippen LogP contribution < -0.4 is 5.32 Å². The largest absolute Gasteiger partial charge is 0.352 e. The van der Waals surface area contributed by atoms with E-state index in [1.165, 1.54) is 0 Å². The van der Waals surface area contributed by atoms with Crippen molar-refractivity contribution in [3.63, 3.8) is 0 Å². The predicted molar refractivity (Wildman–Crippen MR) is 78.9 cm³/mol. The third-order valence-corrected chi connectivity index (χ3v) is 3.59. The minimum absolute atomic E-state index is 0.0935. The fraction of sp³-hybridized carbons (Fsp3) is 0.333. The molecule has 2 aromatic heterocycles. The van der Waals surface area contributed by atoms with E-state index in [1.807, 2.05) is 43.5 Å². The molecule has 0 aliphatic heterocycles. The number of carbonyl (C=O) groups excluding carboxylic acids is 1. The molecule has 3 nitrogen and oxygen atoms in total. The molecule has 1 amide bonds. The van der Waals surface area contributed by atoms with Gasteiger partial charge in [-0.15, -0.1) is 11.3 Å². The zero-order valence-electron chi connectivity index (χ0n) is 11.2. The van der Waals surface area contributed by atoms with Crippen LogP contribution in [0, 0.1) is 5.92 Å². The summed E-state index contributed by atoms with van der Waals surface area (Å²) < 4.78 is 0. The van der Waals surface area contributed by atoms with Gasteiger partial charge in [-0.2, -0.15) is 0 Å². The minimum atomic E-state index is 0.0935. The fourth-order valence-corrected chi connectivity index (χ4v) is 2.61. The molecule has 100 valence electrons. The van der Waals surface area contributed by atoms with Gasteiger partial charge in [0.1, 0.15) is 0 Å². The van der Waals surface area contributed by atoms with Crippen LogP contribution in [-0.2, 0) is 11.3 Å². The van der Waals surface area contributed by atoms with Crippen LogP contribution in [0.15, 0.2) is 35.8 Å². The predicted octanol–water partition coefficient (Wildman–Crippen LogP) is 3.47. The number of pyridine rings is 1. The van der Waals surface area contributed by atoms with Crippen molar-refractivity contribution < 1.29 is 4.79 Å². The van der Waals surface area contributed by atoms with Crippen molar-refractivity contribution in [1.82, 2.24) is 10.3 Å². The molecule has 19 heavy (non-hydrogen) atoms. The monoisotopic (exact) mass is 274 g/mol. The molecular formula is C15H18N2OS. The number of thiophene rings is 1. The van der Waals surface area contributed by atoms with Gasteiger partial charge in [0.25, 0.3) is 0 Å². The molecule has 0 saturated heterocycles. The summed E-state index contributed by atoms with van der Waals surface area (Å²) in [6.07, 6.45) is 2.35. The number of rotatable bonds is 5. The highest BCUT2D eigenvalue weighted by Gasteiger charge is 2.09. The topological polar surface area (TPSA) is 42.0 Å². The molecule has 0 bridgehead atoms. The van der Waals surface area contributed by atoms with Gasteiger partial charge in [0, 0.05) is 19.2 Å². The second kappa shape index (κ2) is 6.48. The molecule has 4 heteroatoms. The molecule has 2 heterocycles. The maximum absolute atomic E-state index is 11.7. The first-order chi connectivity index (χ1) is 9.16. The van der Waals surface area contributed by atoms with Gasteiger partial charge >= 0.3 is 0 Å². The smallest absolute Gasteiger partial charge is 0.220 e. The minimum Gasteiger partial charge on any atom is -0.352 e. The van der Waals surface area contributed by atoms with E-state index in [4.69, 9.17) is 0 Å². The van der Waals surface area contributed by atoms with Gasteiger partial charge in [-0.1, -0.05) is 26.0 Å². The first-order valence-electron chi connectivity index (χ1n) is 6.41. The third-order valence-electron chi connectivity index (χ3n) is 2.72. The number of hydrogen-bond donors (Lipinski definition) is 1. The summed E-state index contributed by atoms with van der Waals surface area (Å²) in [4.78, 5) is 17.2. The molecule has 0 radical (unpaired) electrons. The van der Waals surface area contributed by atoms with Crippen LogP contribution in [0.1, 0.15) is 25.8 Å². The van der Waals surface area contributed by atoms with Crippen molar-refractivity contribution in [2.45, 2.75) is 26.8 Å². The Morgan fingerprint density at radius 1 is 1.37 bits per heavy atom. The molecule has 0 atom stereocenters. The van der Waals surface area contributed by atoms with Crippen LogP contribution in [-0.4, -0.2) is 10.9 Å². The summed E-state index contributed by atoms with van der Waals surface area (Å²) in [7, 11) is 0. The van der Waals surface area contributed by atoms with E-state index < -0.39 is 0 Å². The Morgan fingerprint density at radius 2 is 2.21 bits per heavy atom. The molecular weight excluding hydrogens is 256 g/mol. The van der Waals surface area contributed by atoms with Crippen molar-refractivity contribution in [2.24, 2.45) is 5.92 Å². The van der Waals surface area contributed by atoms with E-state index in [0.29, 0.717) is 18.9 Å². The second-order valence-corrected chi connectivity index (χ2v) is 5.81. The molecule has 0 unspecified atom stereocenters. The van der Waals surface area contributed by atoms with Gasteiger partial charge in [0.15, 0.2) is 0 Å². The van der Waals surface area contributed by atoms with Crippen LogP contribution in [0.2, 0.25) is 0 Å². The van der Waals surface area contributed by atoms with Crippen LogP contribution in [0.25, 0.3) is 10.6 Å². The number of amides is 1. The third kappa shape index (κ3) is 3.89. The average Bonchev–Trinajstić information content (AvgIpc) is 2.89. The standard InChI is InChI=1S/C15H18N2OS/c1-11(2)9-14(18)17-10-12-5-3-7-16-15(12)13-6-4-8-19-13/h3-8,11H,9-10H2,1-2H3,(H,17,18). The van der Waals surface area contributed by atoms with E-state index in [0.717, 1.165) is 16.1 Å². The summed E-state index contributed by atoms with van der Waals surface area (Å²) in [5.41, 5.74) is 2.02. The first-order valence-corrected chi connectivity index (χ1v) is 7.29. The van der Waals surface area contributed by atoms with Gasteiger partial charge in [0.2, 0.25) is 5.91 Å². The first kappa shape index (κ1) is 13.7. The Kier molecular flexibility index (Phi) is 4.68. The molecule has 2 aromatic rings. The van der Waals surface area contributed by atoms with E-state index in [1.54, 1.807) is 17.5 Å². The van der Waals surface area contributed by atoms with Gasteiger partial charge < -0.3 is 5.32 Å². The zero-order valence-corrected chi connectivity index (χ0v) is 12.0. The van der Waals surface area contributed by atoms with Crippen molar-refractivity contribution >= 4 is 17.2 Å². The van der Waals surface area contributed by atoms with Gasteiger partial charge in [-0.25, -0.2) is 0 Å². The lowest BCUT2D eigenvalue weighted by Crippen LogP contribution is -2.24. The Balaban J connectivity index is 2.07. The number of nitrogens with zero attached hydrogens (tertiary/aromatic N) is 1. The highest BCUT2D eigenvalue weighted by atomic mass is 32.1. The lowest BCUT2D eigenvalue weighted by atomic mass is 10.1. The number of carbonyl (C=O) groups is 1. The maximum atomic E-state index is 11.7. The lowest BCUT2D eigenvalue weighted by molar-refractivity contribution is -0.121. The normalized spacial score (nSPS) is 10.7. The molecule has 2 rings (SSSR count). The van der Waals surface area contributed by atoms with Crippen molar-refractivity contribution in [3.05, 3.63) is 41.4 Å². The lowest BCUT2D eigenvalue weighted by Gasteiger charge is -2.09. The molecule has 0 aliphatic carbocycles. The molecule has 1 N–H and O–H groups in total. The molecule has 0 aliphatic rings. The van der Waals surface area contributed by atoms with Gasteiger partial charge in [-0.05, 0) is 29.0 Å². The SMILES string of the molecule is CC(C)CC(=O)NCc1cccnc1-c1cccs1. The Labute approximate surface area is 117 Å². The Bertz CT molecular complexity index is 535. The summed E-state index contributed by atoms with van der Waals surface area (Å²) in [5, 5.41) is 4.99. The average molecular weight is 274 g/mol. The van der Waals surface area contributed by atoms with Crippen molar-refractivity contribution in [3.8, 4) is 10.6 Å². The van der Waals surface area contributed by atoms with E-state index in [9.17, 15) is 4.79 Å². The molecule has 0 aromatic carbocycles. The zero-order chi connectivity index (χ0) is 13.7. The molecule has 0 saturated carbocycles. The van der Waals surface area contributed by atoms with Crippen molar-refractivity contribution in [2.75, 3.05) is 0 Å². The van der Waals surface area contributed by atoms with Crippen molar-refractivity contribution in [1.29, 1.82) is 0 Å². The number of nitrogens with one attached hydrogen (secondary N) is 1. The summed E-state index contributed by atoms with van der Waals surface area (Å²) in [6, 6.07) is 7.97. The van der Waals surface area contributed by atoms with Crippen LogP contribution in [0.5, 0.6) is 0 Å². The van der Waals surface area contributed by atoms with Crippen LogP contribution in [0.4, 0.5) is 0 Å². The highest BCUT2D eigenvalue weighted by Crippen LogP contribution is 2.25. The maximum Gasteiger partial charge on any atom is 0.220 e. The summed E-state index contributed by atoms with van der Waals surface area (Å²) in [5.74, 6) is 0.474. The fourth-order valence-electron chi connectivity index (χ4n) is 1.85. The molecule has 0 spiro atoms. The van der Waals surface area contributed by atoms with Gasteiger partial charge in [-0.3, -0.25) is 9.78 Å². The summed E-state index contributed by atoms with van der Waals surface area (Å²) >= 11 is 1.66. The van der Waals surface area contributed by atoms with E-state index in [2.05, 4.69) is 10.3 Å². The molecule has 0 fully saturated rings. The second-order valence-electron chi connectivity index (χ2n) is 4.86. The summed E-state index contributed by atoms with van der Waals surface area (Å²) in [6.45, 7) is 4.62. The number of aromatic nitrogens is 1. The van der Waals surface area contributed by atoms with Gasteiger partial charge in [0.05, 0.1) is 10.6 Å². The van der Waals surface area contributed by atoms with E-state index >= 15 is 0 Å². The van der Waals surface area contributed by atoms with Crippen LogP contribution >= 0.6 is 11.3 Å².